The second-order valence-corrected chi connectivity index (χ2v) is 10.9. The van der Waals surface area contributed by atoms with Crippen molar-refractivity contribution in [2.24, 2.45) is 10.9 Å². The van der Waals surface area contributed by atoms with Gasteiger partial charge in [-0.3, -0.25) is 4.99 Å². The topological polar surface area (TPSA) is 33.6 Å². The monoisotopic (exact) mass is 566 g/mol. The van der Waals surface area contributed by atoms with Crippen molar-refractivity contribution in [3.8, 4) is 5.75 Å². The van der Waals surface area contributed by atoms with Crippen LogP contribution in [0.15, 0.2) is 107 Å². The maximum absolute atomic E-state index is 13.5. The van der Waals surface area contributed by atoms with Crippen molar-refractivity contribution in [3.63, 3.8) is 0 Å². The van der Waals surface area contributed by atoms with Gasteiger partial charge in [0.25, 0.3) is 0 Å². The van der Waals surface area contributed by atoms with Gasteiger partial charge in [0.1, 0.15) is 18.2 Å². The van der Waals surface area contributed by atoms with E-state index in [2.05, 4.69) is 82.8 Å². The molecule has 6 rings (SSSR count). The number of ether oxygens (including phenoxy) is 1. The Bertz CT molecular complexity index is 1530. The van der Waals surface area contributed by atoms with E-state index in [-0.39, 0.29) is 18.5 Å². The molecule has 1 N–H and O–H groups in total. The Morgan fingerprint density at radius 1 is 1.03 bits per heavy atom. The molecule has 0 bridgehead atoms. The standard InChI is InChI=1S/C33H28BrFN2O/c1-21-8-14-31-30(16-21)28-6-3-7-29(28)33(37-31)23-9-12-27(13-10-23)36-19-24-18-25(34)11-15-32(24)38-20-22-4-2-5-26(35)17-22/h2-6,8-19,28-29,33,37H,7,20H2,1H3/t28-,29+,33+/m1/s1. The molecule has 3 atom stereocenters. The number of fused-ring (bicyclic) bond motifs is 3. The third kappa shape index (κ3) is 5.16. The Hall–Kier alpha value is -3.70. The molecule has 0 fully saturated rings. The largest absolute Gasteiger partial charge is 0.488 e. The molecule has 0 aromatic heterocycles. The maximum atomic E-state index is 13.5. The Kier molecular flexibility index (Phi) is 6.86. The molecule has 38 heavy (non-hydrogen) atoms. The number of nitrogens with zero attached hydrogens (tertiary/aromatic N) is 1. The summed E-state index contributed by atoms with van der Waals surface area (Å²) in [5, 5.41) is 3.81. The highest BCUT2D eigenvalue weighted by Gasteiger charge is 2.37. The summed E-state index contributed by atoms with van der Waals surface area (Å²) in [6, 6.07) is 27.7. The highest BCUT2D eigenvalue weighted by atomic mass is 79.9. The van der Waals surface area contributed by atoms with E-state index in [1.165, 1.54) is 34.5 Å². The van der Waals surface area contributed by atoms with Crippen LogP contribution in [-0.4, -0.2) is 6.21 Å². The lowest BCUT2D eigenvalue weighted by atomic mass is 9.76. The van der Waals surface area contributed by atoms with Crippen LogP contribution in [0, 0.1) is 18.7 Å². The number of hydrogen-bond donors (Lipinski definition) is 1. The quantitative estimate of drug-likeness (QED) is 0.186. The van der Waals surface area contributed by atoms with Gasteiger partial charge in [-0.1, -0.05) is 70.0 Å². The van der Waals surface area contributed by atoms with Crippen molar-refractivity contribution in [3.05, 3.63) is 135 Å². The molecule has 1 aliphatic carbocycles. The minimum atomic E-state index is -0.269. The zero-order valence-electron chi connectivity index (χ0n) is 21.1. The Morgan fingerprint density at radius 3 is 2.74 bits per heavy atom. The van der Waals surface area contributed by atoms with E-state index in [9.17, 15) is 4.39 Å². The predicted octanol–water partition coefficient (Wildman–Crippen LogP) is 9.05. The lowest BCUT2D eigenvalue weighted by Crippen LogP contribution is -2.29. The van der Waals surface area contributed by atoms with Gasteiger partial charge in [-0.15, -0.1) is 0 Å². The van der Waals surface area contributed by atoms with Crippen LogP contribution in [0.2, 0.25) is 0 Å². The molecule has 0 saturated heterocycles. The molecule has 3 nitrogen and oxygen atoms in total. The van der Waals surface area contributed by atoms with Gasteiger partial charge in [-0.2, -0.15) is 0 Å². The first-order chi connectivity index (χ1) is 18.5. The van der Waals surface area contributed by atoms with Crippen molar-refractivity contribution in [1.29, 1.82) is 0 Å². The van der Waals surface area contributed by atoms with Gasteiger partial charge in [-0.25, -0.2) is 4.39 Å². The Labute approximate surface area is 231 Å². The summed E-state index contributed by atoms with van der Waals surface area (Å²) >= 11 is 3.54. The number of aryl methyl sites for hydroxylation is 1. The Balaban J connectivity index is 1.19. The first-order valence-corrected chi connectivity index (χ1v) is 13.7. The molecular formula is C33H28BrFN2O. The number of nitrogens with one attached hydrogen (secondary N) is 1. The predicted molar refractivity (Wildman–Crippen MR) is 156 cm³/mol. The third-order valence-corrected chi connectivity index (χ3v) is 7.87. The zero-order chi connectivity index (χ0) is 26.1. The SMILES string of the molecule is Cc1ccc2c(c1)[C@@H]1C=CC[C@@H]1[C@H](c1ccc(N=Cc3cc(Br)ccc3OCc3cccc(F)c3)cc1)N2. The van der Waals surface area contributed by atoms with E-state index < -0.39 is 0 Å². The summed E-state index contributed by atoms with van der Waals surface area (Å²) < 4.78 is 20.5. The molecule has 2 aliphatic rings. The van der Waals surface area contributed by atoms with Crippen LogP contribution < -0.4 is 10.1 Å². The fraction of sp³-hybridized carbons (Fsp3) is 0.182. The van der Waals surface area contributed by atoms with Gasteiger partial charge in [0, 0.05) is 27.9 Å². The Morgan fingerprint density at radius 2 is 1.89 bits per heavy atom. The molecule has 5 heteroatoms. The zero-order valence-corrected chi connectivity index (χ0v) is 22.7. The first kappa shape index (κ1) is 24.6. The molecule has 0 amide bonds. The van der Waals surface area contributed by atoms with Gasteiger partial charge in [0.15, 0.2) is 0 Å². The summed E-state index contributed by atoms with van der Waals surface area (Å²) in [6.07, 6.45) is 7.60. The van der Waals surface area contributed by atoms with Crippen molar-refractivity contribution < 1.29 is 9.13 Å². The molecule has 4 aromatic rings. The molecule has 4 aromatic carbocycles. The van der Waals surface area contributed by atoms with Crippen LogP contribution in [0.1, 0.15) is 46.2 Å². The highest BCUT2D eigenvalue weighted by molar-refractivity contribution is 9.10. The van der Waals surface area contributed by atoms with E-state index in [1.807, 2.05) is 30.5 Å². The number of halogens is 2. The normalized spacial score (nSPS) is 19.7. The van der Waals surface area contributed by atoms with E-state index in [0.717, 1.165) is 27.7 Å². The molecule has 1 aliphatic heterocycles. The molecule has 190 valence electrons. The molecule has 0 unspecified atom stereocenters. The van der Waals surface area contributed by atoms with E-state index in [0.29, 0.717) is 17.6 Å². The van der Waals surface area contributed by atoms with Gasteiger partial charge >= 0.3 is 0 Å². The van der Waals surface area contributed by atoms with Crippen molar-refractivity contribution in [1.82, 2.24) is 0 Å². The van der Waals surface area contributed by atoms with Crippen molar-refractivity contribution >= 4 is 33.5 Å². The minimum absolute atomic E-state index is 0.260. The lowest BCUT2D eigenvalue weighted by molar-refractivity contribution is 0.305. The molecule has 0 radical (unpaired) electrons. The fourth-order valence-electron chi connectivity index (χ4n) is 5.50. The lowest BCUT2D eigenvalue weighted by Gasteiger charge is -2.37. The van der Waals surface area contributed by atoms with Gasteiger partial charge in [0.05, 0.1) is 11.7 Å². The van der Waals surface area contributed by atoms with E-state index >= 15 is 0 Å². The van der Waals surface area contributed by atoms with Gasteiger partial charge in [0.2, 0.25) is 0 Å². The van der Waals surface area contributed by atoms with Crippen LogP contribution in [0.25, 0.3) is 0 Å². The van der Waals surface area contributed by atoms with Crippen LogP contribution >= 0.6 is 15.9 Å². The fourth-order valence-corrected chi connectivity index (χ4v) is 5.87. The van der Waals surface area contributed by atoms with E-state index in [1.54, 1.807) is 6.07 Å². The third-order valence-electron chi connectivity index (χ3n) is 7.38. The molecule has 0 spiro atoms. The number of hydrogen-bond acceptors (Lipinski definition) is 3. The van der Waals surface area contributed by atoms with Crippen LogP contribution in [0.5, 0.6) is 5.75 Å². The van der Waals surface area contributed by atoms with Crippen molar-refractivity contribution in [2.75, 3.05) is 5.32 Å². The second kappa shape index (κ2) is 10.6. The molecule has 1 heterocycles. The molecular weight excluding hydrogens is 539 g/mol. The minimum Gasteiger partial charge on any atom is -0.488 e. The maximum Gasteiger partial charge on any atom is 0.128 e. The van der Waals surface area contributed by atoms with E-state index in [4.69, 9.17) is 9.73 Å². The van der Waals surface area contributed by atoms with Crippen LogP contribution in [-0.2, 0) is 6.61 Å². The summed E-state index contributed by atoms with van der Waals surface area (Å²) in [5.41, 5.74) is 7.72. The number of benzene rings is 4. The van der Waals surface area contributed by atoms with Crippen LogP contribution in [0.3, 0.4) is 0 Å². The summed E-state index contributed by atoms with van der Waals surface area (Å²) in [6.45, 7) is 2.44. The average molecular weight is 568 g/mol. The average Bonchev–Trinajstić information content (AvgIpc) is 3.42. The summed E-state index contributed by atoms with van der Waals surface area (Å²) in [5.74, 6) is 1.39. The smallest absolute Gasteiger partial charge is 0.128 e. The molecule has 0 saturated carbocycles. The summed E-state index contributed by atoms with van der Waals surface area (Å²) in [4.78, 5) is 4.73. The highest BCUT2D eigenvalue weighted by Crippen LogP contribution is 2.50. The number of aliphatic imine (C=N–C) groups is 1. The van der Waals surface area contributed by atoms with Crippen LogP contribution in [0.4, 0.5) is 15.8 Å². The number of allylic oxidation sites excluding steroid dienone is 2. The number of rotatable bonds is 6. The van der Waals surface area contributed by atoms with Crippen molar-refractivity contribution in [2.45, 2.75) is 31.9 Å². The number of anilines is 1. The van der Waals surface area contributed by atoms with Gasteiger partial charge < -0.3 is 10.1 Å². The second-order valence-electron chi connectivity index (χ2n) is 10.0. The first-order valence-electron chi connectivity index (χ1n) is 12.9. The summed E-state index contributed by atoms with van der Waals surface area (Å²) in [7, 11) is 0. The van der Waals surface area contributed by atoms with Gasteiger partial charge in [-0.05, 0) is 84.5 Å².